The first-order valence-electron chi connectivity index (χ1n) is 12.1. The third-order valence-corrected chi connectivity index (χ3v) is 9.13. The van der Waals surface area contributed by atoms with Gasteiger partial charge in [0.1, 0.15) is 11.9 Å². The minimum atomic E-state index is -1.18. The van der Waals surface area contributed by atoms with E-state index in [0.29, 0.717) is 44.5 Å². The first-order chi connectivity index (χ1) is 16.8. The zero-order valence-electron chi connectivity index (χ0n) is 19.0. The number of aromatic hydroxyl groups is 1. The number of hydrogen-bond acceptors (Lipinski definition) is 6. The zero-order chi connectivity index (χ0) is 24.3. The van der Waals surface area contributed by atoms with Crippen LogP contribution in [0.3, 0.4) is 0 Å². The molecule has 2 N–H and O–H groups in total. The van der Waals surface area contributed by atoms with E-state index in [9.17, 15) is 24.2 Å². The van der Waals surface area contributed by atoms with Crippen LogP contribution < -0.4 is 4.74 Å². The van der Waals surface area contributed by atoms with Crippen LogP contribution in [-0.4, -0.2) is 68.7 Å². The van der Waals surface area contributed by atoms with Crippen molar-refractivity contribution in [1.82, 2.24) is 9.80 Å². The first kappa shape index (κ1) is 21.1. The van der Waals surface area contributed by atoms with E-state index in [1.807, 2.05) is 12.1 Å². The number of carbonyl (C=O) groups excluding carboxylic acids is 2. The Morgan fingerprint density at radius 3 is 2.80 bits per heavy atom. The number of carbonyl (C=O) groups is 2. The minimum Gasteiger partial charge on any atom is -0.504 e. The second-order valence-electron chi connectivity index (χ2n) is 10.4. The van der Waals surface area contributed by atoms with Crippen molar-refractivity contribution in [3.8, 4) is 11.5 Å². The van der Waals surface area contributed by atoms with Crippen molar-refractivity contribution in [3.63, 3.8) is 0 Å². The fraction of sp³-hybridized carbons (Fsp3) is 0.407. The number of hydrogen-bond donors (Lipinski definition) is 2. The summed E-state index contributed by atoms with van der Waals surface area (Å²) in [5.41, 5.74) is -0.434. The summed E-state index contributed by atoms with van der Waals surface area (Å²) in [5.74, 6) is -1.63. The Labute approximate surface area is 201 Å². The van der Waals surface area contributed by atoms with Gasteiger partial charge in [0, 0.05) is 18.2 Å². The van der Waals surface area contributed by atoms with E-state index >= 15 is 0 Å². The van der Waals surface area contributed by atoms with Crippen molar-refractivity contribution in [1.29, 1.82) is 0 Å². The van der Waals surface area contributed by atoms with E-state index in [1.165, 1.54) is 18.2 Å². The monoisotopic (exact) mass is 476 g/mol. The summed E-state index contributed by atoms with van der Waals surface area (Å²) in [6, 6.07) is 6.66. The number of rotatable bonds is 3. The smallest absolute Gasteiger partial charge is 0.264 e. The molecule has 3 aliphatic heterocycles. The van der Waals surface area contributed by atoms with E-state index in [1.54, 1.807) is 6.07 Å². The van der Waals surface area contributed by atoms with Crippen LogP contribution in [0.5, 0.6) is 11.5 Å². The predicted octanol–water partition coefficient (Wildman–Crippen LogP) is 2.54. The maximum absolute atomic E-state index is 14.6. The highest BCUT2D eigenvalue weighted by atomic mass is 19.1. The lowest BCUT2D eigenvalue weighted by Crippen LogP contribution is -2.78. The van der Waals surface area contributed by atoms with E-state index in [2.05, 4.69) is 11.5 Å². The molecule has 7 nitrogen and oxygen atoms in total. The van der Waals surface area contributed by atoms with E-state index < -0.39 is 40.8 Å². The predicted molar refractivity (Wildman–Crippen MR) is 123 cm³/mol. The van der Waals surface area contributed by atoms with Crippen molar-refractivity contribution in [3.05, 3.63) is 71.1 Å². The third-order valence-electron chi connectivity index (χ3n) is 9.13. The standard InChI is InChI=1S/C27H25FN2O5/c1-2-11-29-12-10-26-21-14-6-7-18(31)22(21)35-23(26)17(8-9-27(26,34)19(29)13-14)30-24(32)15-4-3-5-16(28)20(15)25(30)33/h2-7,17,19,23,31,34H,1,8-13H2/t17-,19-,23+,26+,27-/m1/s1. The normalized spacial score (nSPS) is 34.5. The van der Waals surface area contributed by atoms with Crippen LogP contribution in [0.25, 0.3) is 0 Å². The highest BCUT2D eigenvalue weighted by Crippen LogP contribution is 2.66. The first-order valence-corrected chi connectivity index (χ1v) is 12.1. The Bertz CT molecular complexity index is 1340. The molecule has 2 aliphatic carbocycles. The molecular weight excluding hydrogens is 451 g/mol. The van der Waals surface area contributed by atoms with Gasteiger partial charge in [-0.1, -0.05) is 18.2 Å². The van der Waals surface area contributed by atoms with E-state index in [4.69, 9.17) is 4.74 Å². The fourth-order valence-corrected chi connectivity index (χ4v) is 7.82. The Hall–Kier alpha value is -3.23. The molecule has 7 rings (SSSR count). The van der Waals surface area contributed by atoms with Crippen LogP contribution in [0, 0.1) is 5.82 Å². The van der Waals surface area contributed by atoms with Gasteiger partial charge in [-0.2, -0.15) is 0 Å². The second-order valence-corrected chi connectivity index (χ2v) is 10.4. The number of ether oxygens (including phenoxy) is 1. The topological polar surface area (TPSA) is 90.3 Å². The summed E-state index contributed by atoms with van der Waals surface area (Å²) < 4.78 is 21.0. The van der Waals surface area contributed by atoms with Gasteiger partial charge < -0.3 is 14.9 Å². The van der Waals surface area contributed by atoms with E-state index in [0.717, 1.165) is 16.0 Å². The van der Waals surface area contributed by atoms with Gasteiger partial charge in [0.15, 0.2) is 11.5 Å². The Morgan fingerprint density at radius 1 is 1.20 bits per heavy atom. The molecule has 2 amide bonds. The lowest BCUT2D eigenvalue weighted by molar-refractivity contribution is -0.194. The number of phenols is 1. The number of piperidine rings is 1. The Morgan fingerprint density at radius 2 is 2.03 bits per heavy atom. The highest BCUT2D eigenvalue weighted by Gasteiger charge is 2.74. The molecule has 5 aliphatic rings. The van der Waals surface area contributed by atoms with Gasteiger partial charge in [0.2, 0.25) is 0 Å². The van der Waals surface area contributed by atoms with Crippen LogP contribution in [0.4, 0.5) is 4.39 Å². The number of benzene rings is 2. The molecule has 1 spiro atoms. The highest BCUT2D eigenvalue weighted by molar-refractivity contribution is 6.21. The average molecular weight is 477 g/mol. The molecule has 2 aromatic rings. The van der Waals surface area contributed by atoms with Crippen LogP contribution in [0.2, 0.25) is 0 Å². The summed E-state index contributed by atoms with van der Waals surface area (Å²) in [7, 11) is 0. The van der Waals surface area contributed by atoms with Gasteiger partial charge in [-0.3, -0.25) is 19.4 Å². The molecule has 0 aromatic heterocycles. The van der Waals surface area contributed by atoms with Gasteiger partial charge in [0.25, 0.3) is 11.8 Å². The van der Waals surface area contributed by atoms with Crippen molar-refractivity contribution < 1.29 is 28.9 Å². The fourth-order valence-electron chi connectivity index (χ4n) is 7.82. The van der Waals surface area contributed by atoms with Crippen molar-refractivity contribution >= 4 is 11.8 Å². The van der Waals surface area contributed by atoms with Gasteiger partial charge in [0.05, 0.1) is 28.2 Å². The van der Waals surface area contributed by atoms with Gasteiger partial charge >= 0.3 is 0 Å². The Kier molecular flexibility index (Phi) is 4.04. The molecule has 1 saturated carbocycles. The second kappa shape index (κ2) is 6.71. The zero-order valence-corrected chi connectivity index (χ0v) is 19.0. The lowest BCUT2D eigenvalue weighted by Gasteiger charge is -2.64. The number of imide groups is 1. The number of likely N-dealkylation sites (tertiary alicyclic amines) is 1. The molecule has 1 saturated heterocycles. The van der Waals surface area contributed by atoms with Crippen LogP contribution in [-0.2, 0) is 11.8 Å². The molecule has 3 heterocycles. The number of halogens is 1. The maximum atomic E-state index is 14.6. The molecule has 5 atom stereocenters. The molecule has 0 radical (unpaired) electrons. The van der Waals surface area contributed by atoms with Gasteiger partial charge in [-0.25, -0.2) is 4.39 Å². The van der Waals surface area contributed by atoms with Gasteiger partial charge in [-0.05, 0) is 56.0 Å². The van der Waals surface area contributed by atoms with Crippen molar-refractivity contribution in [2.45, 2.75) is 54.9 Å². The summed E-state index contributed by atoms with van der Waals surface area (Å²) in [4.78, 5) is 30.1. The van der Waals surface area contributed by atoms with Crippen molar-refractivity contribution in [2.75, 3.05) is 13.1 Å². The molecule has 35 heavy (non-hydrogen) atoms. The third kappa shape index (κ3) is 2.28. The van der Waals surface area contributed by atoms with Crippen molar-refractivity contribution in [2.24, 2.45) is 0 Å². The lowest BCUT2D eigenvalue weighted by atomic mass is 9.48. The summed E-state index contributed by atoms with van der Waals surface area (Å²) >= 11 is 0. The molecule has 2 aromatic carbocycles. The Balaban J connectivity index is 1.40. The largest absolute Gasteiger partial charge is 0.504 e. The average Bonchev–Trinajstić information content (AvgIpc) is 3.31. The number of fused-ring (bicyclic) bond motifs is 1. The molecule has 2 bridgehead atoms. The SMILES string of the molecule is C=CCN1CC[C@]23c4c5ccc(O)c4O[C@H]2[C@H](N2C(=O)c4cccc(F)c4C2=O)CC[C@@]3(O)[C@H]1C5. The minimum absolute atomic E-state index is 0.0194. The number of nitrogens with zero attached hydrogens (tertiary/aromatic N) is 2. The number of phenolic OH excluding ortho intramolecular Hbond substituents is 1. The van der Waals surface area contributed by atoms with Crippen LogP contribution in [0.15, 0.2) is 43.0 Å². The summed E-state index contributed by atoms with van der Waals surface area (Å²) in [6.45, 7) is 5.19. The molecular formula is C27H25FN2O5. The van der Waals surface area contributed by atoms with E-state index in [-0.39, 0.29) is 22.9 Å². The molecule has 2 fully saturated rings. The number of amides is 2. The molecule has 8 heteroatoms. The molecule has 0 unspecified atom stereocenters. The molecule has 180 valence electrons. The van der Waals surface area contributed by atoms with Gasteiger partial charge in [-0.15, -0.1) is 6.58 Å². The number of aliphatic hydroxyl groups is 1. The summed E-state index contributed by atoms with van der Waals surface area (Å²) in [6.07, 6.45) is 2.89. The summed E-state index contributed by atoms with van der Waals surface area (Å²) in [5, 5.41) is 23.2. The maximum Gasteiger partial charge on any atom is 0.264 e. The van der Waals surface area contributed by atoms with Crippen LogP contribution in [0.1, 0.15) is 51.1 Å². The quantitative estimate of drug-likeness (QED) is 0.523. The van der Waals surface area contributed by atoms with Crippen LogP contribution >= 0.6 is 0 Å².